The highest BCUT2D eigenvalue weighted by molar-refractivity contribution is 9.10. The van der Waals surface area contributed by atoms with E-state index in [0.717, 1.165) is 32.4 Å². The number of rotatable bonds is 2. The Morgan fingerprint density at radius 1 is 0.947 bits per heavy atom. The number of pyridine rings is 1. The van der Waals surface area contributed by atoms with Crippen LogP contribution in [0.25, 0.3) is 22.2 Å². The van der Waals surface area contributed by atoms with Gasteiger partial charge in [-0.25, -0.2) is 4.98 Å². The molecular weight excluding hydrogens is 302 g/mol. The van der Waals surface area contributed by atoms with E-state index in [2.05, 4.69) is 28.1 Å². The van der Waals surface area contributed by atoms with Gasteiger partial charge in [0, 0.05) is 15.4 Å². The first-order valence-corrected chi connectivity index (χ1v) is 6.77. The van der Waals surface area contributed by atoms with Crippen molar-refractivity contribution >= 4 is 26.8 Å². The number of aromatic nitrogens is 1. The molecule has 0 saturated heterocycles. The molecule has 3 aromatic rings. The minimum atomic E-state index is 0.853. The van der Waals surface area contributed by atoms with Crippen molar-refractivity contribution in [2.24, 2.45) is 0 Å². The Hall–Kier alpha value is -1.87. The molecule has 0 aliphatic heterocycles. The first-order valence-electron chi connectivity index (χ1n) is 5.97. The fraction of sp³-hybridized carbons (Fsp3) is 0.0625. The van der Waals surface area contributed by atoms with Gasteiger partial charge in [0.1, 0.15) is 5.75 Å². The van der Waals surface area contributed by atoms with Crippen molar-refractivity contribution in [2.45, 2.75) is 0 Å². The lowest BCUT2D eigenvalue weighted by Gasteiger charge is -2.05. The third-order valence-corrected chi connectivity index (χ3v) is 3.70. The maximum atomic E-state index is 5.17. The number of para-hydroxylation sites is 1. The van der Waals surface area contributed by atoms with Crippen molar-refractivity contribution in [2.75, 3.05) is 7.11 Å². The standard InChI is InChI=1S/C16H12BrNO/c1-19-13-8-5-11(6-9-13)15-10-7-12-3-2-4-14(17)16(12)18-15/h2-10H,1H3. The van der Waals surface area contributed by atoms with Gasteiger partial charge in [-0.1, -0.05) is 18.2 Å². The Morgan fingerprint density at radius 2 is 1.74 bits per heavy atom. The molecule has 0 saturated carbocycles. The van der Waals surface area contributed by atoms with Crippen LogP contribution in [0.1, 0.15) is 0 Å². The zero-order valence-electron chi connectivity index (χ0n) is 10.4. The third kappa shape index (κ3) is 2.34. The van der Waals surface area contributed by atoms with Gasteiger partial charge in [0.15, 0.2) is 0 Å². The summed E-state index contributed by atoms with van der Waals surface area (Å²) < 4.78 is 6.18. The van der Waals surface area contributed by atoms with Crippen molar-refractivity contribution in [1.29, 1.82) is 0 Å². The molecule has 1 aromatic heterocycles. The Balaban J connectivity index is 2.11. The van der Waals surface area contributed by atoms with E-state index in [-0.39, 0.29) is 0 Å². The van der Waals surface area contributed by atoms with Gasteiger partial charge >= 0.3 is 0 Å². The van der Waals surface area contributed by atoms with E-state index >= 15 is 0 Å². The second-order valence-corrected chi connectivity index (χ2v) is 5.09. The van der Waals surface area contributed by atoms with Crippen molar-refractivity contribution < 1.29 is 4.74 Å². The van der Waals surface area contributed by atoms with Gasteiger partial charge in [-0.05, 0) is 52.3 Å². The number of benzene rings is 2. The predicted molar refractivity (Wildman–Crippen MR) is 81.4 cm³/mol. The molecule has 0 aliphatic carbocycles. The van der Waals surface area contributed by atoms with Gasteiger partial charge in [0.25, 0.3) is 0 Å². The molecule has 3 heteroatoms. The van der Waals surface area contributed by atoms with Crippen molar-refractivity contribution in [3.8, 4) is 17.0 Å². The number of fused-ring (bicyclic) bond motifs is 1. The summed E-state index contributed by atoms with van der Waals surface area (Å²) in [6.07, 6.45) is 0. The molecule has 0 aliphatic rings. The number of ether oxygens (including phenoxy) is 1. The van der Waals surface area contributed by atoms with Gasteiger partial charge in [-0.2, -0.15) is 0 Å². The second kappa shape index (κ2) is 5.02. The topological polar surface area (TPSA) is 22.1 Å². The molecule has 0 amide bonds. The van der Waals surface area contributed by atoms with E-state index in [4.69, 9.17) is 9.72 Å². The average Bonchev–Trinajstić information content (AvgIpc) is 2.47. The zero-order chi connectivity index (χ0) is 13.2. The summed E-state index contributed by atoms with van der Waals surface area (Å²) >= 11 is 3.54. The van der Waals surface area contributed by atoms with Gasteiger partial charge in [-0.3, -0.25) is 0 Å². The average molecular weight is 314 g/mol. The number of halogens is 1. The van der Waals surface area contributed by atoms with E-state index in [9.17, 15) is 0 Å². The van der Waals surface area contributed by atoms with Crippen LogP contribution < -0.4 is 4.74 Å². The molecule has 0 unspecified atom stereocenters. The third-order valence-electron chi connectivity index (χ3n) is 3.06. The van der Waals surface area contributed by atoms with Gasteiger partial charge < -0.3 is 4.74 Å². The number of hydrogen-bond acceptors (Lipinski definition) is 2. The Labute approximate surface area is 120 Å². The normalized spacial score (nSPS) is 10.6. The first-order chi connectivity index (χ1) is 9.28. The molecule has 0 atom stereocenters. The summed E-state index contributed by atoms with van der Waals surface area (Å²) in [6.45, 7) is 0. The maximum Gasteiger partial charge on any atom is 0.118 e. The minimum absolute atomic E-state index is 0.853. The molecule has 0 radical (unpaired) electrons. The second-order valence-electron chi connectivity index (χ2n) is 4.24. The molecule has 0 fully saturated rings. The quantitative estimate of drug-likeness (QED) is 0.685. The molecule has 2 aromatic carbocycles. The molecule has 0 N–H and O–H groups in total. The Kier molecular flexibility index (Phi) is 3.22. The fourth-order valence-electron chi connectivity index (χ4n) is 2.03. The summed E-state index contributed by atoms with van der Waals surface area (Å²) in [7, 11) is 1.67. The summed E-state index contributed by atoms with van der Waals surface area (Å²) in [6, 6.07) is 18.1. The van der Waals surface area contributed by atoms with Crippen LogP contribution in [0.15, 0.2) is 59.1 Å². The van der Waals surface area contributed by atoms with Crippen LogP contribution in [-0.2, 0) is 0 Å². The monoisotopic (exact) mass is 313 g/mol. The smallest absolute Gasteiger partial charge is 0.118 e. The molecule has 0 bridgehead atoms. The SMILES string of the molecule is COc1ccc(-c2ccc3cccc(Br)c3n2)cc1. The Morgan fingerprint density at radius 3 is 2.47 bits per heavy atom. The van der Waals surface area contributed by atoms with Crippen molar-refractivity contribution in [1.82, 2.24) is 4.98 Å². The molecule has 19 heavy (non-hydrogen) atoms. The number of hydrogen-bond donors (Lipinski definition) is 0. The number of methoxy groups -OCH3 is 1. The van der Waals surface area contributed by atoms with Crippen molar-refractivity contribution in [3.05, 3.63) is 59.1 Å². The lowest BCUT2D eigenvalue weighted by Crippen LogP contribution is -1.87. The van der Waals surface area contributed by atoms with Gasteiger partial charge in [0.05, 0.1) is 18.3 Å². The fourth-order valence-corrected chi connectivity index (χ4v) is 2.50. The number of nitrogens with zero attached hydrogens (tertiary/aromatic N) is 1. The van der Waals surface area contributed by atoms with E-state index < -0.39 is 0 Å². The molecule has 2 nitrogen and oxygen atoms in total. The summed E-state index contributed by atoms with van der Waals surface area (Å²) in [5.74, 6) is 0.853. The van der Waals surface area contributed by atoms with E-state index in [0.29, 0.717) is 0 Å². The molecular formula is C16H12BrNO. The summed E-state index contributed by atoms with van der Waals surface area (Å²) in [5.41, 5.74) is 3.02. The molecule has 1 heterocycles. The molecule has 94 valence electrons. The zero-order valence-corrected chi connectivity index (χ0v) is 12.0. The largest absolute Gasteiger partial charge is 0.497 e. The van der Waals surface area contributed by atoms with E-state index in [1.54, 1.807) is 7.11 Å². The molecule has 3 rings (SSSR count). The lowest BCUT2D eigenvalue weighted by molar-refractivity contribution is 0.415. The van der Waals surface area contributed by atoms with Crippen LogP contribution in [0.2, 0.25) is 0 Å². The van der Waals surface area contributed by atoms with Gasteiger partial charge in [-0.15, -0.1) is 0 Å². The summed E-state index contributed by atoms with van der Waals surface area (Å²) in [4.78, 5) is 4.71. The van der Waals surface area contributed by atoms with Crippen LogP contribution in [0.5, 0.6) is 5.75 Å². The van der Waals surface area contributed by atoms with E-state index in [1.807, 2.05) is 42.5 Å². The van der Waals surface area contributed by atoms with Crippen LogP contribution in [0, 0.1) is 0 Å². The van der Waals surface area contributed by atoms with Crippen LogP contribution >= 0.6 is 15.9 Å². The highest BCUT2D eigenvalue weighted by Gasteiger charge is 2.04. The Bertz CT molecular complexity index is 722. The predicted octanol–water partition coefficient (Wildman–Crippen LogP) is 4.67. The maximum absolute atomic E-state index is 5.17. The first kappa shape index (κ1) is 12.2. The highest BCUT2D eigenvalue weighted by Crippen LogP contribution is 2.26. The highest BCUT2D eigenvalue weighted by atomic mass is 79.9. The van der Waals surface area contributed by atoms with Gasteiger partial charge in [0.2, 0.25) is 0 Å². The van der Waals surface area contributed by atoms with Crippen molar-refractivity contribution in [3.63, 3.8) is 0 Å². The summed E-state index contributed by atoms with van der Waals surface area (Å²) in [5, 5.41) is 1.13. The minimum Gasteiger partial charge on any atom is -0.497 e. The van der Waals surface area contributed by atoms with Crippen LogP contribution in [0.3, 0.4) is 0 Å². The van der Waals surface area contributed by atoms with Crippen LogP contribution in [0.4, 0.5) is 0 Å². The molecule has 0 spiro atoms. The van der Waals surface area contributed by atoms with E-state index in [1.165, 1.54) is 0 Å². The van der Waals surface area contributed by atoms with Crippen LogP contribution in [-0.4, -0.2) is 12.1 Å². The lowest BCUT2D eigenvalue weighted by atomic mass is 10.1.